The molecule has 120 valence electrons. The Labute approximate surface area is 140 Å². The normalized spacial score (nSPS) is 30.7. The largest absolute Gasteiger partial charge is 0.255 e. The summed E-state index contributed by atoms with van der Waals surface area (Å²) in [5.74, 6) is 2.75. The molecule has 3 heteroatoms. The van der Waals surface area contributed by atoms with Crippen molar-refractivity contribution in [3.8, 4) is 0 Å². The van der Waals surface area contributed by atoms with Gasteiger partial charge in [0, 0.05) is 23.2 Å². The van der Waals surface area contributed by atoms with Gasteiger partial charge in [0.05, 0.1) is 5.52 Å². The lowest BCUT2D eigenvalue weighted by molar-refractivity contribution is 0.166. The first-order chi connectivity index (χ1) is 11.8. The van der Waals surface area contributed by atoms with E-state index in [0.29, 0.717) is 17.4 Å². The number of benzene rings is 1. The van der Waals surface area contributed by atoms with Crippen molar-refractivity contribution in [2.45, 2.75) is 43.9 Å². The van der Waals surface area contributed by atoms with Crippen LogP contribution >= 0.6 is 0 Å². The van der Waals surface area contributed by atoms with Gasteiger partial charge in [-0.2, -0.15) is 0 Å². The van der Waals surface area contributed by atoms with Crippen molar-refractivity contribution in [1.29, 1.82) is 0 Å². The third-order valence-electron chi connectivity index (χ3n) is 6.74. The third kappa shape index (κ3) is 1.65. The van der Waals surface area contributed by atoms with Crippen LogP contribution in [0.5, 0.6) is 0 Å². The quantitative estimate of drug-likeness (QED) is 0.525. The molecular weight excluding hydrogens is 299 g/mol. The van der Waals surface area contributed by atoms with E-state index in [1.54, 1.807) is 12.3 Å². The molecule has 2 atom stereocenters. The average Bonchev–Trinajstić information content (AvgIpc) is 2.76. The van der Waals surface area contributed by atoms with E-state index >= 15 is 0 Å². The SMILES string of the molecule is Fc1cc2c3c(cnc2c2cccnc12)C1CC2CC(C1)CC3C2. The first kappa shape index (κ1) is 13.3. The standard InChI is InChI=1S/C21H19FN2/c22-18-9-16-19-14-7-11-4-12(8-14)6-13(5-11)17(19)10-24-20(16)15-2-1-3-23-21(15)18/h1-3,9-14H,4-8H2. The molecule has 0 saturated heterocycles. The Morgan fingerprint density at radius 2 is 1.67 bits per heavy atom. The molecule has 4 bridgehead atoms. The topological polar surface area (TPSA) is 25.8 Å². The Bertz CT molecular complexity index is 982. The summed E-state index contributed by atoms with van der Waals surface area (Å²) in [5.41, 5.74) is 4.20. The van der Waals surface area contributed by atoms with Crippen LogP contribution in [0.25, 0.3) is 21.8 Å². The van der Waals surface area contributed by atoms with Crippen LogP contribution in [-0.2, 0) is 0 Å². The van der Waals surface area contributed by atoms with Crippen LogP contribution in [0.4, 0.5) is 4.39 Å². The van der Waals surface area contributed by atoms with E-state index in [2.05, 4.69) is 11.2 Å². The Kier molecular flexibility index (Phi) is 2.51. The van der Waals surface area contributed by atoms with Crippen LogP contribution in [0.3, 0.4) is 0 Å². The molecule has 2 aromatic heterocycles. The Balaban J connectivity index is 1.73. The van der Waals surface area contributed by atoms with Crippen LogP contribution in [-0.4, -0.2) is 9.97 Å². The van der Waals surface area contributed by atoms with Gasteiger partial charge in [0.25, 0.3) is 0 Å². The molecule has 0 amide bonds. The van der Waals surface area contributed by atoms with E-state index in [1.165, 1.54) is 43.2 Å². The van der Waals surface area contributed by atoms with Crippen molar-refractivity contribution < 1.29 is 4.39 Å². The third-order valence-corrected chi connectivity index (χ3v) is 6.74. The molecule has 2 nitrogen and oxygen atoms in total. The molecule has 0 aliphatic heterocycles. The van der Waals surface area contributed by atoms with Gasteiger partial charge < -0.3 is 0 Å². The molecule has 0 spiro atoms. The van der Waals surface area contributed by atoms with Crippen molar-refractivity contribution in [3.63, 3.8) is 0 Å². The molecule has 4 aliphatic rings. The maximum absolute atomic E-state index is 14.7. The van der Waals surface area contributed by atoms with Crippen LogP contribution in [0.15, 0.2) is 30.6 Å². The average molecular weight is 318 g/mol. The summed E-state index contributed by atoms with van der Waals surface area (Å²) < 4.78 is 14.7. The van der Waals surface area contributed by atoms with Gasteiger partial charge >= 0.3 is 0 Å². The van der Waals surface area contributed by atoms with E-state index in [1.807, 2.05) is 12.1 Å². The summed E-state index contributed by atoms with van der Waals surface area (Å²) in [6.45, 7) is 0. The van der Waals surface area contributed by atoms with Gasteiger partial charge in [-0.3, -0.25) is 9.97 Å². The van der Waals surface area contributed by atoms with Gasteiger partial charge in [0.1, 0.15) is 11.3 Å². The zero-order valence-corrected chi connectivity index (χ0v) is 13.5. The van der Waals surface area contributed by atoms with Crippen LogP contribution < -0.4 is 0 Å². The first-order valence-electron chi connectivity index (χ1n) is 9.13. The zero-order chi connectivity index (χ0) is 15.8. The summed E-state index contributed by atoms with van der Waals surface area (Å²) in [7, 11) is 0. The minimum Gasteiger partial charge on any atom is -0.255 e. The van der Waals surface area contributed by atoms with Crippen molar-refractivity contribution >= 4 is 21.8 Å². The molecule has 1 aromatic carbocycles. The molecule has 24 heavy (non-hydrogen) atoms. The van der Waals surface area contributed by atoms with Crippen molar-refractivity contribution in [1.82, 2.24) is 9.97 Å². The number of pyridine rings is 2. The molecule has 4 aliphatic carbocycles. The highest BCUT2D eigenvalue weighted by Gasteiger charge is 2.43. The molecule has 7 rings (SSSR count). The molecule has 2 fully saturated rings. The number of aromatic nitrogens is 2. The number of rotatable bonds is 0. The minimum atomic E-state index is -0.211. The lowest BCUT2D eigenvalue weighted by Gasteiger charge is -2.38. The minimum absolute atomic E-state index is 0.211. The van der Waals surface area contributed by atoms with E-state index < -0.39 is 0 Å². The highest BCUT2D eigenvalue weighted by molar-refractivity contribution is 6.05. The van der Waals surface area contributed by atoms with Gasteiger partial charge in [-0.15, -0.1) is 0 Å². The summed E-state index contributed by atoms with van der Waals surface area (Å²) >= 11 is 0. The molecule has 2 unspecified atom stereocenters. The van der Waals surface area contributed by atoms with E-state index in [9.17, 15) is 4.39 Å². The molecule has 2 saturated carbocycles. The van der Waals surface area contributed by atoms with Crippen molar-refractivity contribution in [2.24, 2.45) is 11.8 Å². The predicted molar refractivity (Wildman–Crippen MR) is 92.5 cm³/mol. The number of fused-ring (bicyclic) bond motifs is 3. The van der Waals surface area contributed by atoms with Gasteiger partial charge in [-0.05, 0) is 85.1 Å². The number of hydrogen-bond donors (Lipinski definition) is 0. The first-order valence-corrected chi connectivity index (χ1v) is 9.13. The highest BCUT2D eigenvalue weighted by atomic mass is 19.1. The molecule has 0 N–H and O–H groups in total. The van der Waals surface area contributed by atoms with Gasteiger partial charge in [0.15, 0.2) is 0 Å². The zero-order valence-electron chi connectivity index (χ0n) is 13.5. The monoisotopic (exact) mass is 318 g/mol. The molecular formula is C21H19FN2. The number of nitrogens with zero attached hydrogens (tertiary/aromatic N) is 2. The second kappa shape index (κ2) is 4.53. The van der Waals surface area contributed by atoms with Gasteiger partial charge in [-0.1, -0.05) is 0 Å². The summed E-state index contributed by atoms with van der Waals surface area (Å²) in [4.78, 5) is 9.03. The molecule has 2 heterocycles. The van der Waals surface area contributed by atoms with E-state index in [-0.39, 0.29) is 5.82 Å². The lowest BCUT2D eigenvalue weighted by Crippen LogP contribution is -2.25. The van der Waals surface area contributed by atoms with E-state index in [4.69, 9.17) is 4.98 Å². The van der Waals surface area contributed by atoms with Gasteiger partial charge in [-0.25, -0.2) is 4.39 Å². The Morgan fingerprint density at radius 1 is 0.875 bits per heavy atom. The van der Waals surface area contributed by atoms with Crippen molar-refractivity contribution in [2.75, 3.05) is 0 Å². The maximum atomic E-state index is 14.7. The number of hydrogen-bond acceptors (Lipinski definition) is 2. The fourth-order valence-corrected chi connectivity index (χ4v) is 6.02. The second-order valence-corrected chi connectivity index (χ2v) is 8.09. The van der Waals surface area contributed by atoms with Crippen molar-refractivity contribution in [3.05, 3.63) is 47.5 Å². The second-order valence-electron chi connectivity index (χ2n) is 8.09. The fourth-order valence-electron chi connectivity index (χ4n) is 6.02. The number of halogens is 1. The fraction of sp³-hybridized carbons (Fsp3) is 0.429. The maximum Gasteiger partial charge on any atom is 0.150 e. The molecule has 0 radical (unpaired) electrons. The smallest absolute Gasteiger partial charge is 0.150 e. The lowest BCUT2D eigenvalue weighted by atomic mass is 9.67. The summed E-state index contributed by atoms with van der Waals surface area (Å²) in [5, 5.41) is 1.89. The van der Waals surface area contributed by atoms with Gasteiger partial charge in [0.2, 0.25) is 0 Å². The summed E-state index contributed by atoms with van der Waals surface area (Å²) in [6.07, 6.45) is 10.4. The Morgan fingerprint density at radius 3 is 2.50 bits per heavy atom. The molecule has 3 aromatic rings. The van der Waals surface area contributed by atoms with Crippen LogP contribution in [0, 0.1) is 17.7 Å². The highest BCUT2D eigenvalue weighted by Crippen LogP contribution is 2.57. The van der Waals surface area contributed by atoms with E-state index in [0.717, 1.165) is 28.1 Å². The van der Waals surface area contributed by atoms with Crippen LogP contribution in [0.1, 0.15) is 55.1 Å². The Hall–Kier alpha value is -2.03. The summed E-state index contributed by atoms with van der Waals surface area (Å²) in [6, 6.07) is 5.54. The van der Waals surface area contributed by atoms with Crippen LogP contribution in [0.2, 0.25) is 0 Å². The predicted octanol–water partition coefficient (Wildman–Crippen LogP) is 5.31.